The summed E-state index contributed by atoms with van der Waals surface area (Å²) in [5, 5.41) is 6.94. The summed E-state index contributed by atoms with van der Waals surface area (Å²) < 4.78 is 0. The van der Waals surface area contributed by atoms with E-state index in [2.05, 4.69) is 76.5 Å². The van der Waals surface area contributed by atoms with Crippen LogP contribution in [0.4, 0.5) is 0 Å². The molecule has 0 radical (unpaired) electrons. The number of benzene rings is 1. The average molecular weight is 402 g/mol. The summed E-state index contributed by atoms with van der Waals surface area (Å²) in [4.78, 5) is 20.9. The average Bonchev–Trinajstić information content (AvgIpc) is 3.18. The van der Waals surface area contributed by atoms with E-state index < -0.39 is 0 Å². The molecule has 1 fully saturated rings. The Bertz CT molecular complexity index is 629. The van der Waals surface area contributed by atoms with Crippen LogP contribution >= 0.6 is 0 Å². The Morgan fingerprint density at radius 3 is 2.45 bits per heavy atom. The number of aliphatic imine (C=N–C) groups is 1. The van der Waals surface area contributed by atoms with Crippen molar-refractivity contribution in [2.45, 2.75) is 58.5 Å². The minimum absolute atomic E-state index is 0.301. The highest BCUT2D eigenvalue weighted by atomic mass is 16.2. The molecule has 1 amide bonds. The molecule has 2 rings (SSSR count). The lowest BCUT2D eigenvalue weighted by Crippen LogP contribution is -2.45. The van der Waals surface area contributed by atoms with Crippen LogP contribution in [0.5, 0.6) is 0 Å². The van der Waals surface area contributed by atoms with Gasteiger partial charge in [0.25, 0.3) is 0 Å². The second-order valence-electron chi connectivity index (χ2n) is 7.57. The second-order valence-corrected chi connectivity index (χ2v) is 7.57. The van der Waals surface area contributed by atoms with Crippen molar-refractivity contribution in [3.63, 3.8) is 0 Å². The highest BCUT2D eigenvalue weighted by Crippen LogP contribution is 2.20. The van der Waals surface area contributed by atoms with Gasteiger partial charge < -0.3 is 15.5 Å². The Labute approximate surface area is 176 Å². The first-order valence-corrected chi connectivity index (χ1v) is 11.2. The summed E-state index contributed by atoms with van der Waals surface area (Å²) >= 11 is 0. The molecule has 29 heavy (non-hydrogen) atoms. The van der Waals surface area contributed by atoms with Gasteiger partial charge in [-0.05, 0) is 37.9 Å². The Balaban J connectivity index is 1.88. The van der Waals surface area contributed by atoms with Crippen molar-refractivity contribution in [3.05, 3.63) is 35.9 Å². The van der Waals surface area contributed by atoms with Crippen molar-refractivity contribution in [2.24, 2.45) is 4.99 Å². The van der Waals surface area contributed by atoms with Crippen LogP contribution in [0.2, 0.25) is 0 Å². The zero-order valence-corrected chi connectivity index (χ0v) is 18.7. The van der Waals surface area contributed by atoms with Gasteiger partial charge in [-0.1, -0.05) is 51.1 Å². The maximum Gasteiger partial charge on any atom is 0.222 e. The molecule has 1 aromatic carbocycles. The van der Waals surface area contributed by atoms with Gasteiger partial charge in [0.05, 0.1) is 6.04 Å². The third-order valence-corrected chi connectivity index (χ3v) is 5.92. The fourth-order valence-electron chi connectivity index (χ4n) is 4.20. The third kappa shape index (κ3) is 6.74. The summed E-state index contributed by atoms with van der Waals surface area (Å²) in [5.41, 5.74) is 1.32. The Morgan fingerprint density at radius 1 is 1.17 bits per heavy atom. The maximum absolute atomic E-state index is 12.0. The molecule has 1 aliphatic heterocycles. The van der Waals surface area contributed by atoms with Crippen LogP contribution in [-0.2, 0) is 4.79 Å². The van der Waals surface area contributed by atoms with E-state index in [-0.39, 0.29) is 0 Å². The standard InChI is InChI=1S/C23H39N5O/c1-5-20(28-17-11-14-22(28)29)15-16-25-23(24-4)26-18-21(27(6-2)7-3)19-12-9-8-10-13-19/h8-10,12-13,20-21H,5-7,11,14-18H2,1-4H3,(H2,24,25,26). The van der Waals surface area contributed by atoms with Crippen LogP contribution in [0.1, 0.15) is 58.1 Å². The molecule has 162 valence electrons. The lowest BCUT2D eigenvalue weighted by Gasteiger charge is -2.31. The van der Waals surface area contributed by atoms with E-state index in [4.69, 9.17) is 0 Å². The number of hydrogen-bond donors (Lipinski definition) is 2. The molecule has 0 saturated carbocycles. The second kappa shape index (κ2) is 12.5. The van der Waals surface area contributed by atoms with Gasteiger partial charge >= 0.3 is 0 Å². The first kappa shape index (κ1) is 23.2. The molecule has 0 bridgehead atoms. The molecule has 6 heteroatoms. The lowest BCUT2D eigenvalue weighted by atomic mass is 10.1. The van der Waals surface area contributed by atoms with E-state index in [1.165, 1.54) is 5.56 Å². The SMILES string of the molecule is CCC(CCNC(=NC)NCC(c1ccccc1)N(CC)CC)N1CCCC1=O. The first-order valence-electron chi connectivity index (χ1n) is 11.2. The summed E-state index contributed by atoms with van der Waals surface area (Å²) in [6, 6.07) is 11.3. The number of hydrogen-bond acceptors (Lipinski definition) is 3. The topological polar surface area (TPSA) is 60.0 Å². The van der Waals surface area contributed by atoms with Gasteiger partial charge in [-0.25, -0.2) is 0 Å². The highest BCUT2D eigenvalue weighted by Gasteiger charge is 2.26. The molecule has 2 N–H and O–H groups in total. The minimum atomic E-state index is 0.301. The van der Waals surface area contributed by atoms with Crippen molar-refractivity contribution >= 4 is 11.9 Å². The maximum atomic E-state index is 12.0. The van der Waals surface area contributed by atoms with Crippen LogP contribution in [0.3, 0.4) is 0 Å². The summed E-state index contributed by atoms with van der Waals surface area (Å²) in [6.45, 7) is 11.1. The molecule has 1 aliphatic rings. The summed E-state index contributed by atoms with van der Waals surface area (Å²) in [7, 11) is 1.81. The molecular weight excluding hydrogens is 362 g/mol. The van der Waals surface area contributed by atoms with Crippen molar-refractivity contribution in [2.75, 3.05) is 39.8 Å². The number of likely N-dealkylation sites (tertiary alicyclic amines) is 1. The van der Waals surface area contributed by atoms with Gasteiger partial charge in [0, 0.05) is 39.1 Å². The minimum Gasteiger partial charge on any atom is -0.356 e. The quantitative estimate of drug-likeness (QED) is 0.442. The number of carbonyl (C=O) groups is 1. The van der Waals surface area contributed by atoms with Crippen LogP contribution in [0.15, 0.2) is 35.3 Å². The van der Waals surface area contributed by atoms with Gasteiger partial charge in [-0.2, -0.15) is 0 Å². The predicted molar refractivity (Wildman–Crippen MR) is 121 cm³/mol. The molecule has 2 unspecified atom stereocenters. The van der Waals surface area contributed by atoms with Crippen LogP contribution in [0.25, 0.3) is 0 Å². The zero-order chi connectivity index (χ0) is 21.1. The van der Waals surface area contributed by atoms with E-state index in [0.717, 1.165) is 57.9 Å². The predicted octanol–water partition coefficient (Wildman–Crippen LogP) is 3.03. The van der Waals surface area contributed by atoms with Crippen molar-refractivity contribution in [1.82, 2.24) is 20.4 Å². The highest BCUT2D eigenvalue weighted by molar-refractivity contribution is 5.80. The number of nitrogens with zero attached hydrogens (tertiary/aromatic N) is 3. The molecule has 2 atom stereocenters. The first-order chi connectivity index (χ1) is 14.1. The van der Waals surface area contributed by atoms with Crippen molar-refractivity contribution < 1.29 is 4.79 Å². The third-order valence-electron chi connectivity index (χ3n) is 5.92. The zero-order valence-electron chi connectivity index (χ0n) is 18.7. The molecule has 0 spiro atoms. The summed E-state index contributed by atoms with van der Waals surface area (Å²) in [6.07, 6.45) is 3.65. The fourth-order valence-corrected chi connectivity index (χ4v) is 4.20. The van der Waals surface area contributed by atoms with Crippen molar-refractivity contribution in [1.29, 1.82) is 0 Å². The summed E-state index contributed by atoms with van der Waals surface area (Å²) in [5.74, 6) is 1.13. The number of carbonyl (C=O) groups excluding carboxylic acids is 1. The van der Waals surface area contributed by atoms with Gasteiger partial charge in [-0.3, -0.25) is 14.7 Å². The van der Waals surface area contributed by atoms with E-state index >= 15 is 0 Å². The van der Waals surface area contributed by atoms with Gasteiger partial charge in [0.2, 0.25) is 5.91 Å². The molecule has 6 nitrogen and oxygen atoms in total. The fraction of sp³-hybridized carbons (Fsp3) is 0.652. The number of likely N-dealkylation sites (N-methyl/N-ethyl adjacent to an activating group) is 1. The number of amides is 1. The molecule has 1 heterocycles. The normalized spacial score (nSPS) is 16.9. The smallest absolute Gasteiger partial charge is 0.222 e. The molecule has 1 saturated heterocycles. The molecule has 0 aliphatic carbocycles. The lowest BCUT2D eigenvalue weighted by molar-refractivity contribution is -0.129. The van der Waals surface area contributed by atoms with Crippen LogP contribution in [-0.4, -0.2) is 67.5 Å². The Morgan fingerprint density at radius 2 is 1.90 bits per heavy atom. The van der Waals surface area contributed by atoms with E-state index in [9.17, 15) is 4.79 Å². The van der Waals surface area contributed by atoms with Gasteiger partial charge in [0.15, 0.2) is 5.96 Å². The van der Waals surface area contributed by atoms with E-state index in [1.54, 1.807) is 0 Å². The number of guanidine groups is 1. The van der Waals surface area contributed by atoms with E-state index in [1.807, 2.05) is 7.05 Å². The Hall–Kier alpha value is -2.08. The van der Waals surface area contributed by atoms with Crippen LogP contribution < -0.4 is 10.6 Å². The number of nitrogens with one attached hydrogen (secondary N) is 2. The van der Waals surface area contributed by atoms with Crippen molar-refractivity contribution in [3.8, 4) is 0 Å². The largest absolute Gasteiger partial charge is 0.356 e. The monoisotopic (exact) mass is 401 g/mol. The van der Waals surface area contributed by atoms with E-state index in [0.29, 0.717) is 24.4 Å². The number of rotatable bonds is 11. The van der Waals surface area contributed by atoms with Gasteiger partial charge in [0.1, 0.15) is 0 Å². The van der Waals surface area contributed by atoms with Crippen LogP contribution in [0, 0.1) is 0 Å². The Kier molecular flexibility index (Phi) is 9.98. The van der Waals surface area contributed by atoms with Gasteiger partial charge in [-0.15, -0.1) is 0 Å². The molecular formula is C23H39N5O. The molecule has 1 aromatic rings. The molecule has 0 aromatic heterocycles.